The van der Waals surface area contributed by atoms with Gasteiger partial charge in [0.2, 0.25) is 0 Å². The molecule has 0 amide bonds. The normalized spacial score (nSPS) is 16.4. The molecule has 0 bridgehead atoms. The van der Waals surface area contributed by atoms with Crippen molar-refractivity contribution in [3.05, 3.63) is 22.4 Å². The molecule has 1 saturated carbocycles. The minimum atomic E-state index is -3.42. The fourth-order valence-corrected chi connectivity index (χ4v) is 4.30. The van der Waals surface area contributed by atoms with Gasteiger partial charge < -0.3 is 5.11 Å². The summed E-state index contributed by atoms with van der Waals surface area (Å²) in [5.74, 6) is 0. The Kier molecular flexibility index (Phi) is 4.97. The first kappa shape index (κ1) is 14.9. The molecule has 1 aliphatic carbocycles. The van der Waals surface area contributed by atoms with E-state index < -0.39 is 10.2 Å². The molecular weight excluding hydrogens is 284 g/mol. The van der Waals surface area contributed by atoms with Gasteiger partial charge in [-0.2, -0.15) is 17.0 Å². The lowest BCUT2D eigenvalue weighted by molar-refractivity contribution is 0.270. The van der Waals surface area contributed by atoms with Crippen molar-refractivity contribution in [3.8, 4) is 0 Å². The summed E-state index contributed by atoms with van der Waals surface area (Å²) in [6, 6.07) is 4.04. The topological polar surface area (TPSA) is 60.9 Å². The molecular formula is C12H20N2O3S2. The molecule has 0 aliphatic heterocycles. The van der Waals surface area contributed by atoms with E-state index in [1.54, 1.807) is 22.7 Å². The molecule has 0 saturated heterocycles. The maximum absolute atomic E-state index is 12.5. The number of aliphatic hydroxyl groups is 1. The number of hydrogen-bond donors (Lipinski definition) is 1. The van der Waals surface area contributed by atoms with Crippen molar-refractivity contribution >= 4 is 21.5 Å². The summed E-state index contributed by atoms with van der Waals surface area (Å²) in [5, 5.41) is 10.8. The molecule has 0 spiro atoms. The zero-order valence-corrected chi connectivity index (χ0v) is 12.7. The summed E-state index contributed by atoms with van der Waals surface area (Å²) in [6.45, 7) is 0.814. The van der Waals surface area contributed by atoms with Crippen molar-refractivity contribution in [2.24, 2.45) is 0 Å². The van der Waals surface area contributed by atoms with Gasteiger partial charge in [-0.15, -0.1) is 11.3 Å². The molecule has 0 unspecified atom stereocenters. The van der Waals surface area contributed by atoms with Gasteiger partial charge in [-0.25, -0.2) is 0 Å². The van der Waals surface area contributed by atoms with E-state index in [4.69, 9.17) is 5.11 Å². The average molecular weight is 304 g/mol. The first-order chi connectivity index (χ1) is 9.05. The Morgan fingerprint density at radius 2 is 2.21 bits per heavy atom. The third kappa shape index (κ3) is 3.76. The summed E-state index contributed by atoms with van der Waals surface area (Å²) in [7, 11) is -1.85. The summed E-state index contributed by atoms with van der Waals surface area (Å²) < 4.78 is 28.0. The lowest BCUT2D eigenvalue weighted by Crippen LogP contribution is -2.43. The zero-order chi connectivity index (χ0) is 13.9. The second kappa shape index (κ2) is 6.32. The molecule has 0 atom stereocenters. The summed E-state index contributed by atoms with van der Waals surface area (Å²) >= 11 is 1.58. The fraction of sp³-hybridized carbons (Fsp3) is 0.667. The second-order valence-electron chi connectivity index (χ2n) is 4.76. The number of hydrogen-bond acceptors (Lipinski definition) is 4. The van der Waals surface area contributed by atoms with Crippen LogP contribution < -0.4 is 0 Å². The number of aliphatic hydroxyl groups excluding tert-OH is 1. The molecule has 1 aromatic rings. The third-order valence-electron chi connectivity index (χ3n) is 3.17. The molecule has 7 heteroatoms. The highest BCUT2D eigenvalue weighted by Crippen LogP contribution is 2.32. The van der Waals surface area contributed by atoms with Crippen molar-refractivity contribution in [2.75, 3.05) is 20.2 Å². The van der Waals surface area contributed by atoms with E-state index in [1.165, 1.54) is 4.31 Å². The van der Waals surface area contributed by atoms with Gasteiger partial charge in [-0.1, -0.05) is 6.07 Å². The molecule has 1 fully saturated rings. The molecule has 1 N–H and O–H groups in total. The van der Waals surface area contributed by atoms with E-state index in [2.05, 4.69) is 0 Å². The number of rotatable bonds is 8. The van der Waals surface area contributed by atoms with Crippen LogP contribution in [0.25, 0.3) is 0 Å². The van der Waals surface area contributed by atoms with Crippen LogP contribution in [0.5, 0.6) is 0 Å². The highest BCUT2D eigenvalue weighted by atomic mass is 32.2. The minimum Gasteiger partial charge on any atom is -0.396 e. The third-order valence-corrected chi connectivity index (χ3v) is 6.02. The van der Waals surface area contributed by atoms with E-state index in [9.17, 15) is 8.42 Å². The Balaban J connectivity index is 2.09. The van der Waals surface area contributed by atoms with E-state index in [0.29, 0.717) is 19.5 Å². The molecule has 19 heavy (non-hydrogen) atoms. The van der Waals surface area contributed by atoms with Crippen LogP contribution in [0, 0.1) is 0 Å². The predicted molar refractivity (Wildman–Crippen MR) is 76.1 cm³/mol. The quantitative estimate of drug-likeness (QED) is 0.787. The van der Waals surface area contributed by atoms with Gasteiger partial charge in [0.05, 0.1) is 0 Å². The maximum Gasteiger partial charge on any atom is 0.282 e. The molecule has 108 valence electrons. The van der Waals surface area contributed by atoms with E-state index in [-0.39, 0.29) is 12.6 Å². The van der Waals surface area contributed by atoms with Crippen LogP contribution in [0.4, 0.5) is 0 Å². The first-order valence-electron chi connectivity index (χ1n) is 6.42. The van der Waals surface area contributed by atoms with Gasteiger partial charge in [0.25, 0.3) is 10.2 Å². The van der Waals surface area contributed by atoms with Gasteiger partial charge in [0, 0.05) is 37.7 Å². The van der Waals surface area contributed by atoms with Crippen molar-refractivity contribution in [2.45, 2.75) is 31.8 Å². The van der Waals surface area contributed by atoms with Crippen LogP contribution in [0.15, 0.2) is 17.5 Å². The van der Waals surface area contributed by atoms with Gasteiger partial charge in [0.15, 0.2) is 0 Å². The molecule has 1 heterocycles. The smallest absolute Gasteiger partial charge is 0.282 e. The maximum atomic E-state index is 12.5. The Labute approximate surface area is 118 Å². The SMILES string of the molecule is CN(CCCO)S(=O)(=O)N(Cc1cccs1)C1CC1. The first-order valence-corrected chi connectivity index (χ1v) is 8.69. The summed E-state index contributed by atoms with van der Waals surface area (Å²) in [4.78, 5) is 1.06. The van der Waals surface area contributed by atoms with Gasteiger partial charge in [-0.05, 0) is 30.7 Å². The van der Waals surface area contributed by atoms with Crippen LogP contribution in [-0.2, 0) is 16.8 Å². The molecule has 1 aliphatic rings. The number of nitrogens with zero attached hydrogens (tertiary/aromatic N) is 2. The van der Waals surface area contributed by atoms with Crippen LogP contribution in [0.2, 0.25) is 0 Å². The standard InChI is InChI=1S/C12H20N2O3S2/c1-13(7-3-8-15)19(16,17)14(11-5-6-11)10-12-4-2-9-18-12/h2,4,9,11,15H,3,5-8,10H2,1H3. The number of thiophene rings is 1. The molecule has 0 radical (unpaired) electrons. The predicted octanol–water partition coefficient (Wildman–Crippen LogP) is 1.27. The van der Waals surface area contributed by atoms with Crippen molar-refractivity contribution in [1.29, 1.82) is 0 Å². The minimum absolute atomic E-state index is 0.00815. The molecule has 1 aromatic heterocycles. The van der Waals surface area contributed by atoms with Crippen LogP contribution in [-0.4, -0.2) is 48.4 Å². The van der Waals surface area contributed by atoms with Gasteiger partial charge in [-0.3, -0.25) is 0 Å². The summed E-state index contributed by atoms with van der Waals surface area (Å²) in [5.41, 5.74) is 0. The fourth-order valence-electron chi connectivity index (χ4n) is 1.91. The van der Waals surface area contributed by atoms with Crippen LogP contribution in [0.1, 0.15) is 24.1 Å². The lowest BCUT2D eigenvalue weighted by atomic mass is 10.4. The largest absolute Gasteiger partial charge is 0.396 e. The zero-order valence-electron chi connectivity index (χ0n) is 11.0. The Morgan fingerprint density at radius 1 is 1.47 bits per heavy atom. The highest BCUT2D eigenvalue weighted by Gasteiger charge is 2.39. The molecule has 5 nitrogen and oxygen atoms in total. The lowest BCUT2D eigenvalue weighted by Gasteiger charge is -2.27. The van der Waals surface area contributed by atoms with Crippen LogP contribution in [0.3, 0.4) is 0 Å². The Hall–Kier alpha value is -0.470. The summed E-state index contributed by atoms with van der Waals surface area (Å²) in [6.07, 6.45) is 2.35. The van der Waals surface area contributed by atoms with Crippen molar-refractivity contribution in [3.63, 3.8) is 0 Å². The molecule has 2 rings (SSSR count). The van der Waals surface area contributed by atoms with E-state index in [0.717, 1.165) is 17.7 Å². The van der Waals surface area contributed by atoms with Gasteiger partial charge in [0.1, 0.15) is 0 Å². The Bertz CT molecular complexity index is 483. The molecule has 0 aromatic carbocycles. The van der Waals surface area contributed by atoms with Gasteiger partial charge >= 0.3 is 0 Å². The van der Waals surface area contributed by atoms with Crippen LogP contribution >= 0.6 is 11.3 Å². The Morgan fingerprint density at radius 3 is 2.74 bits per heavy atom. The van der Waals surface area contributed by atoms with E-state index >= 15 is 0 Å². The monoisotopic (exact) mass is 304 g/mol. The highest BCUT2D eigenvalue weighted by molar-refractivity contribution is 7.86. The second-order valence-corrected chi connectivity index (χ2v) is 7.78. The van der Waals surface area contributed by atoms with Crippen molar-refractivity contribution < 1.29 is 13.5 Å². The average Bonchev–Trinajstić information content (AvgIpc) is 3.09. The van der Waals surface area contributed by atoms with Crippen molar-refractivity contribution in [1.82, 2.24) is 8.61 Å². The van der Waals surface area contributed by atoms with E-state index in [1.807, 2.05) is 17.5 Å².